The molecule has 1 unspecified atom stereocenters. The maximum absolute atomic E-state index is 12.6. The summed E-state index contributed by atoms with van der Waals surface area (Å²) in [6, 6.07) is 14.4. The second-order valence-corrected chi connectivity index (χ2v) is 5.35. The summed E-state index contributed by atoms with van der Waals surface area (Å²) in [4.78, 5) is 24.9. The molecule has 1 aliphatic heterocycles. The average molecular weight is 296 g/mol. The van der Waals surface area contributed by atoms with E-state index in [1.807, 2.05) is 25.1 Å². The van der Waals surface area contributed by atoms with E-state index in [0.717, 1.165) is 5.56 Å². The monoisotopic (exact) mass is 296 g/mol. The second-order valence-electron chi connectivity index (χ2n) is 5.35. The quantitative estimate of drug-likeness (QED) is 0.837. The Bertz CT molecular complexity index is 757. The predicted molar refractivity (Wildman–Crippen MR) is 83.9 cm³/mol. The van der Waals surface area contributed by atoms with E-state index in [2.05, 4.69) is 10.6 Å². The van der Waals surface area contributed by atoms with E-state index in [4.69, 9.17) is 4.74 Å². The van der Waals surface area contributed by atoms with Crippen molar-refractivity contribution in [3.8, 4) is 5.75 Å². The highest BCUT2D eigenvalue weighted by Crippen LogP contribution is 2.33. The van der Waals surface area contributed by atoms with Gasteiger partial charge in [0.2, 0.25) is 0 Å². The van der Waals surface area contributed by atoms with Crippen molar-refractivity contribution in [3.63, 3.8) is 0 Å². The van der Waals surface area contributed by atoms with E-state index >= 15 is 0 Å². The minimum Gasteiger partial charge on any atom is -0.466 e. The average Bonchev–Trinajstić information content (AvgIpc) is 2.50. The number of fused-ring (bicyclic) bond motifs is 1. The van der Waals surface area contributed by atoms with E-state index in [1.165, 1.54) is 6.92 Å². The number of amides is 2. The van der Waals surface area contributed by atoms with Crippen molar-refractivity contribution < 1.29 is 14.3 Å². The standard InChI is InChI=1S/C17H16N2O3/c1-11-7-3-4-8-12(11)18-15(20)17(2)16(21)19-13-9-5-6-10-14(13)22-17/h3-10H,1-2H3,(H,18,20)(H,19,21). The van der Waals surface area contributed by atoms with Gasteiger partial charge < -0.3 is 15.4 Å². The largest absolute Gasteiger partial charge is 0.466 e. The summed E-state index contributed by atoms with van der Waals surface area (Å²) in [6.07, 6.45) is 0. The molecule has 2 N–H and O–H groups in total. The molecule has 0 radical (unpaired) electrons. The van der Waals surface area contributed by atoms with Crippen LogP contribution in [-0.4, -0.2) is 17.4 Å². The van der Waals surface area contributed by atoms with E-state index in [-0.39, 0.29) is 0 Å². The van der Waals surface area contributed by atoms with Crippen LogP contribution in [0.2, 0.25) is 0 Å². The predicted octanol–water partition coefficient (Wildman–Crippen LogP) is 2.72. The molecule has 5 nitrogen and oxygen atoms in total. The van der Waals surface area contributed by atoms with Crippen LogP contribution in [0.15, 0.2) is 48.5 Å². The van der Waals surface area contributed by atoms with Gasteiger partial charge in [-0.15, -0.1) is 0 Å². The number of hydrogen-bond donors (Lipinski definition) is 2. The van der Waals surface area contributed by atoms with Gasteiger partial charge in [-0.2, -0.15) is 0 Å². The molecule has 0 spiro atoms. The summed E-state index contributed by atoms with van der Waals surface area (Å²) < 4.78 is 5.68. The van der Waals surface area contributed by atoms with Gasteiger partial charge in [0, 0.05) is 5.69 Å². The van der Waals surface area contributed by atoms with E-state index in [1.54, 1.807) is 30.3 Å². The summed E-state index contributed by atoms with van der Waals surface area (Å²) in [5.41, 5.74) is 0.519. The van der Waals surface area contributed by atoms with Crippen molar-refractivity contribution in [2.24, 2.45) is 0 Å². The van der Waals surface area contributed by atoms with Crippen LogP contribution in [0.5, 0.6) is 5.75 Å². The van der Waals surface area contributed by atoms with Crippen LogP contribution in [0.3, 0.4) is 0 Å². The van der Waals surface area contributed by atoms with Crippen molar-refractivity contribution in [1.29, 1.82) is 0 Å². The molecule has 112 valence electrons. The molecule has 1 atom stereocenters. The second kappa shape index (κ2) is 5.18. The summed E-state index contributed by atoms with van der Waals surface area (Å²) in [6.45, 7) is 3.35. The van der Waals surface area contributed by atoms with Gasteiger partial charge in [0.05, 0.1) is 5.69 Å². The fraction of sp³-hybridized carbons (Fsp3) is 0.176. The molecule has 1 aliphatic rings. The minimum atomic E-state index is -1.61. The Balaban J connectivity index is 1.89. The maximum atomic E-state index is 12.6. The van der Waals surface area contributed by atoms with Crippen molar-refractivity contribution in [2.45, 2.75) is 19.4 Å². The van der Waals surface area contributed by atoms with E-state index in [9.17, 15) is 9.59 Å². The van der Waals surface area contributed by atoms with Gasteiger partial charge in [0.1, 0.15) is 5.75 Å². The Morgan fingerprint density at radius 1 is 1.14 bits per heavy atom. The highest BCUT2D eigenvalue weighted by Gasteiger charge is 2.47. The van der Waals surface area contributed by atoms with Crippen molar-refractivity contribution in [3.05, 3.63) is 54.1 Å². The zero-order valence-corrected chi connectivity index (χ0v) is 12.3. The number of benzene rings is 2. The molecule has 0 aliphatic carbocycles. The third-order valence-electron chi connectivity index (χ3n) is 3.71. The van der Waals surface area contributed by atoms with Crippen LogP contribution in [0.1, 0.15) is 12.5 Å². The SMILES string of the molecule is Cc1ccccc1NC(=O)C1(C)Oc2ccccc2NC1=O. The van der Waals surface area contributed by atoms with E-state index < -0.39 is 17.4 Å². The lowest BCUT2D eigenvalue weighted by atomic mass is 10.0. The Labute approximate surface area is 128 Å². The highest BCUT2D eigenvalue weighted by molar-refractivity contribution is 6.19. The normalized spacial score (nSPS) is 19.6. The van der Waals surface area contributed by atoms with Gasteiger partial charge in [0.25, 0.3) is 17.4 Å². The molecule has 2 aromatic carbocycles. The first-order chi connectivity index (χ1) is 10.5. The lowest BCUT2D eigenvalue weighted by Crippen LogP contribution is -2.56. The lowest BCUT2D eigenvalue weighted by molar-refractivity contribution is -0.143. The number of carbonyl (C=O) groups is 2. The third-order valence-corrected chi connectivity index (χ3v) is 3.71. The Morgan fingerprint density at radius 2 is 1.82 bits per heavy atom. The first-order valence-corrected chi connectivity index (χ1v) is 6.97. The highest BCUT2D eigenvalue weighted by atomic mass is 16.5. The third kappa shape index (κ3) is 2.30. The van der Waals surface area contributed by atoms with Gasteiger partial charge in [-0.25, -0.2) is 0 Å². The summed E-state index contributed by atoms with van der Waals surface area (Å²) >= 11 is 0. The van der Waals surface area contributed by atoms with Gasteiger partial charge in [0.15, 0.2) is 0 Å². The number of para-hydroxylation sites is 3. The Morgan fingerprint density at radius 3 is 2.59 bits per heavy atom. The van der Waals surface area contributed by atoms with Gasteiger partial charge in [-0.05, 0) is 37.6 Å². The zero-order chi connectivity index (χ0) is 15.7. The fourth-order valence-corrected chi connectivity index (χ4v) is 2.27. The van der Waals surface area contributed by atoms with Crippen LogP contribution in [-0.2, 0) is 9.59 Å². The number of carbonyl (C=O) groups excluding carboxylic acids is 2. The van der Waals surface area contributed by atoms with Crippen LogP contribution >= 0.6 is 0 Å². The molecule has 2 amide bonds. The molecular formula is C17H16N2O3. The molecule has 2 aromatic rings. The number of rotatable bonds is 2. The van der Waals surface area contributed by atoms with Gasteiger partial charge >= 0.3 is 0 Å². The molecule has 5 heteroatoms. The van der Waals surface area contributed by atoms with Crippen LogP contribution < -0.4 is 15.4 Å². The Kier molecular flexibility index (Phi) is 3.33. The number of ether oxygens (including phenoxy) is 1. The number of nitrogens with one attached hydrogen (secondary N) is 2. The molecule has 22 heavy (non-hydrogen) atoms. The van der Waals surface area contributed by atoms with Crippen molar-refractivity contribution in [2.75, 3.05) is 10.6 Å². The lowest BCUT2D eigenvalue weighted by Gasteiger charge is -2.33. The number of aryl methyl sites for hydroxylation is 1. The molecule has 1 heterocycles. The number of hydrogen-bond acceptors (Lipinski definition) is 3. The van der Waals surface area contributed by atoms with Crippen LogP contribution in [0.25, 0.3) is 0 Å². The molecule has 0 saturated heterocycles. The topological polar surface area (TPSA) is 67.4 Å². The molecule has 3 rings (SSSR count). The van der Waals surface area contributed by atoms with Crippen LogP contribution in [0.4, 0.5) is 11.4 Å². The summed E-state index contributed by atoms with van der Waals surface area (Å²) in [5, 5.41) is 5.46. The minimum absolute atomic E-state index is 0.476. The molecule has 0 saturated carbocycles. The molecule has 0 aromatic heterocycles. The van der Waals surface area contributed by atoms with Gasteiger partial charge in [-0.3, -0.25) is 9.59 Å². The van der Waals surface area contributed by atoms with Crippen molar-refractivity contribution in [1.82, 2.24) is 0 Å². The summed E-state index contributed by atoms with van der Waals surface area (Å²) in [7, 11) is 0. The number of anilines is 2. The maximum Gasteiger partial charge on any atom is 0.278 e. The smallest absolute Gasteiger partial charge is 0.278 e. The van der Waals surface area contributed by atoms with Gasteiger partial charge in [-0.1, -0.05) is 30.3 Å². The first-order valence-electron chi connectivity index (χ1n) is 6.97. The van der Waals surface area contributed by atoms with Crippen LogP contribution in [0, 0.1) is 6.92 Å². The summed E-state index contributed by atoms with van der Waals surface area (Å²) in [5.74, 6) is -0.518. The molecular weight excluding hydrogens is 280 g/mol. The molecule has 0 bridgehead atoms. The van der Waals surface area contributed by atoms with Crippen molar-refractivity contribution >= 4 is 23.2 Å². The first kappa shape index (κ1) is 14.1. The zero-order valence-electron chi connectivity index (χ0n) is 12.3. The Hall–Kier alpha value is -2.82. The molecule has 0 fully saturated rings. The van der Waals surface area contributed by atoms with E-state index in [0.29, 0.717) is 17.1 Å². The fourth-order valence-electron chi connectivity index (χ4n) is 2.27.